The number of carbonyl (C=O) groups excluding carboxylic acids is 2. The second-order valence-corrected chi connectivity index (χ2v) is 7.10. The van der Waals surface area contributed by atoms with Crippen molar-refractivity contribution in [3.63, 3.8) is 0 Å². The number of amides is 2. The second-order valence-electron chi connectivity index (χ2n) is 6.04. The van der Waals surface area contributed by atoms with Crippen molar-refractivity contribution in [1.29, 1.82) is 0 Å². The first-order valence-corrected chi connectivity index (χ1v) is 9.50. The number of hydrogen-bond acceptors (Lipinski definition) is 7. The average molecular weight is 411 g/mol. The third-order valence-corrected chi connectivity index (χ3v) is 5.06. The van der Waals surface area contributed by atoms with Crippen LogP contribution in [0.2, 0.25) is 0 Å². The van der Waals surface area contributed by atoms with Gasteiger partial charge in [-0.25, -0.2) is 0 Å². The molecule has 2 N–H and O–H groups in total. The van der Waals surface area contributed by atoms with Crippen LogP contribution in [0, 0.1) is 17.0 Å². The number of nitrogens with zero attached hydrogens (tertiary/aromatic N) is 3. The zero-order chi connectivity index (χ0) is 21.0. The molecule has 2 amide bonds. The number of nitro benzene ring substituents is 1. The van der Waals surface area contributed by atoms with E-state index >= 15 is 0 Å². The Balaban J connectivity index is 1.86. The summed E-state index contributed by atoms with van der Waals surface area (Å²) in [5.74, 6) is -1.15. The maximum Gasteiger partial charge on any atom is 0.285 e. The van der Waals surface area contributed by atoms with Crippen molar-refractivity contribution in [2.24, 2.45) is 0 Å². The third-order valence-electron chi connectivity index (χ3n) is 4.07. The first-order valence-electron chi connectivity index (χ1n) is 8.68. The van der Waals surface area contributed by atoms with Gasteiger partial charge in [0.2, 0.25) is 5.13 Å². The van der Waals surface area contributed by atoms with Gasteiger partial charge in [0.15, 0.2) is 0 Å². The summed E-state index contributed by atoms with van der Waals surface area (Å²) in [6, 6.07) is 10.9. The molecule has 3 rings (SSSR count). The normalized spacial score (nSPS) is 10.4. The maximum atomic E-state index is 12.7. The fourth-order valence-corrected chi connectivity index (χ4v) is 3.35. The number of anilines is 2. The Kier molecular flexibility index (Phi) is 5.93. The van der Waals surface area contributed by atoms with Crippen LogP contribution in [-0.4, -0.2) is 26.9 Å². The van der Waals surface area contributed by atoms with Crippen LogP contribution in [0.25, 0.3) is 0 Å². The fraction of sp³-hybridized carbons (Fsp3) is 0.158. The van der Waals surface area contributed by atoms with E-state index in [9.17, 15) is 19.7 Å². The molecule has 0 aliphatic rings. The quantitative estimate of drug-likeness (QED) is 0.469. The van der Waals surface area contributed by atoms with E-state index in [1.165, 1.54) is 23.5 Å². The largest absolute Gasteiger partial charge is 0.321 e. The highest BCUT2D eigenvalue weighted by molar-refractivity contribution is 7.15. The summed E-state index contributed by atoms with van der Waals surface area (Å²) < 4.78 is 0. The van der Waals surface area contributed by atoms with Crippen LogP contribution in [-0.2, 0) is 6.42 Å². The maximum absolute atomic E-state index is 12.7. The number of nitro groups is 1. The van der Waals surface area contributed by atoms with Gasteiger partial charge in [0.05, 0.1) is 16.2 Å². The highest BCUT2D eigenvalue weighted by Gasteiger charge is 2.23. The molecule has 0 radical (unpaired) electrons. The molecular formula is C19H17N5O4S. The molecular weight excluding hydrogens is 394 g/mol. The number of aromatic nitrogens is 2. The topological polar surface area (TPSA) is 127 Å². The van der Waals surface area contributed by atoms with E-state index in [1.54, 1.807) is 37.3 Å². The van der Waals surface area contributed by atoms with Crippen LogP contribution in [0.5, 0.6) is 0 Å². The smallest absolute Gasteiger partial charge is 0.285 e. The van der Waals surface area contributed by atoms with E-state index in [-0.39, 0.29) is 22.5 Å². The highest BCUT2D eigenvalue weighted by Crippen LogP contribution is 2.25. The predicted octanol–water partition coefficient (Wildman–Crippen LogP) is 3.82. The lowest BCUT2D eigenvalue weighted by atomic mass is 10.1. The highest BCUT2D eigenvalue weighted by atomic mass is 32.1. The molecule has 1 aromatic heterocycles. The van der Waals surface area contributed by atoms with Crippen molar-refractivity contribution in [3.05, 3.63) is 74.3 Å². The van der Waals surface area contributed by atoms with Crippen LogP contribution < -0.4 is 10.6 Å². The van der Waals surface area contributed by atoms with Crippen LogP contribution in [0.4, 0.5) is 16.5 Å². The molecule has 1 heterocycles. The summed E-state index contributed by atoms with van der Waals surface area (Å²) in [6.45, 7) is 3.49. The summed E-state index contributed by atoms with van der Waals surface area (Å²) in [5, 5.41) is 25.6. The van der Waals surface area contributed by atoms with E-state index in [1.807, 2.05) is 6.92 Å². The van der Waals surface area contributed by atoms with Crippen LogP contribution in [0.1, 0.15) is 38.2 Å². The monoisotopic (exact) mass is 411 g/mol. The Bertz CT molecular complexity index is 1100. The number of aryl methyl sites for hydroxylation is 2. The first-order chi connectivity index (χ1) is 13.9. The van der Waals surface area contributed by atoms with Gasteiger partial charge >= 0.3 is 0 Å². The van der Waals surface area contributed by atoms with Gasteiger partial charge in [-0.1, -0.05) is 42.5 Å². The van der Waals surface area contributed by atoms with Gasteiger partial charge in [-0.3, -0.25) is 25.0 Å². The minimum absolute atomic E-state index is 0.0816. The molecule has 29 heavy (non-hydrogen) atoms. The van der Waals surface area contributed by atoms with Gasteiger partial charge in [0.25, 0.3) is 17.5 Å². The minimum Gasteiger partial charge on any atom is -0.321 e. The molecule has 0 saturated carbocycles. The molecule has 10 heteroatoms. The zero-order valence-corrected chi connectivity index (χ0v) is 16.4. The lowest BCUT2D eigenvalue weighted by Crippen LogP contribution is -2.19. The lowest BCUT2D eigenvalue weighted by Gasteiger charge is -2.11. The molecule has 148 valence electrons. The van der Waals surface area contributed by atoms with Crippen LogP contribution in [0.3, 0.4) is 0 Å². The van der Waals surface area contributed by atoms with Crippen molar-refractivity contribution in [1.82, 2.24) is 10.2 Å². The van der Waals surface area contributed by atoms with Crippen molar-refractivity contribution in [3.8, 4) is 0 Å². The lowest BCUT2D eigenvalue weighted by molar-refractivity contribution is -0.385. The summed E-state index contributed by atoms with van der Waals surface area (Å²) >= 11 is 1.26. The molecule has 9 nitrogen and oxygen atoms in total. The molecule has 0 aliphatic heterocycles. The summed E-state index contributed by atoms with van der Waals surface area (Å²) in [7, 11) is 0. The van der Waals surface area contributed by atoms with Gasteiger partial charge in [-0.2, -0.15) is 0 Å². The minimum atomic E-state index is -0.676. The average Bonchev–Trinajstić information content (AvgIpc) is 3.15. The summed E-state index contributed by atoms with van der Waals surface area (Å²) in [4.78, 5) is 36.1. The Hall–Kier alpha value is -3.66. The Labute approximate surface area is 169 Å². The Morgan fingerprint density at radius 3 is 2.41 bits per heavy atom. The van der Waals surface area contributed by atoms with Gasteiger partial charge in [-0.05, 0) is 31.5 Å². The standard InChI is InChI=1S/C19H17N5O4S/c1-3-15-22-23-19(29-15)21-17(25)12-8-4-5-10-14(12)20-18(26)13-9-6-7-11(2)16(13)24(27)28/h4-10H,3H2,1-2H3,(H,20,26)(H,21,23,25). The fourth-order valence-electron chi connectivity index (χ4n) is 2.68. The number of hydrogen-bond donors (Lipinski definition) is 2. The number of benzene rings is 2. The molecule has 2 aromatic carbocycles. The van der Waals surface area contributed by atoms with Crippen molar-refractivity contribution >= 4 is 39.7 Å². The zero-order valence-electron chi connectivity index (χ0n) is 15.6. The van der Waals surface area contributed by atoms with Crippen LogP contribution >= 0.6 is 11.3 Å². The molecule has 0 saturated heterocycles. The van der Waals surface area contributed by atoms with Gasteiger partial charge in [0.1, 0.15) is 10.6 Å². The molecule has 0 spiro atoms. The SMILES string of the molecule is CCc1nnc(NC(=O)c2ccccc2NC(=O)c2cccc(C)c2[N+](=O)[O-])s1. The second kappa shape index (κ2) is 8.57. The van der Waals surface area contributed by atoms with Crippen molar-refractivity contribution in [2.45, 2.75) is 20.3 Å². The molecule has 0 bridgehead atoms. The predicted molar refractivity (Wildman–Crippen MR) is 109 cm³/mol. The molecule has 0 atom stereocenters. The number of nitrogens with one attached hydrogen (secondary N) is 2. The van der Waals surface area contributed by atoms with Crippen molar-refractivity contribution < 1.29 is 14.5 Å². The van der Waals surface area contributed by atoms with Gasteiger partial charge in [0, 0.05) is 5.56 Å². The van der Waals surface area contributed by atoms with E-state index in [2.05, 4.69) is 20.8 Å². The summed E-state index contributed by atoms with van der Waals surface area (Å²) in [6.07, 6.45) is 0.704. The van der Waals surface area contributed by atoms with E-state index < -0.39 is 16.7 Å². The van der Waals surface area contributed by atoms with Crippen LogP contribution in [0.15, 0.2) is 42.5 Å². The number of carbonyl (C=O) groups is 2. The third kappa shape index (κ3) is 4.43. The molecule has 0 unspecified atom stereocenters. The first kappa shape index (κ1) is 20.1. The van der Waals surface area contributed by atoms with E-state index in [4.69, 9.17) is 0 Å². The van der Waals surface area contributed by atoms with Crippen molar-refractivity contribution in [2.75, 3.05) is 10.6 Å². The molecule has 0 fully saturated rings. The Morgan fingerprint density at radius 2 is 1.72 bits per heavy atom. The molecule has 0 aliphatic carbocycles. The summed E-state index contributed by atoms with van der Waals surface area (Å²) in [5.41, 5.74) is 0.446. The van der Waals surface area contributed by atoms with Gasteiger partial charge < -0.3 is 5.32 Å². The van der Waals surface area contributed by atoms with E-state index in [0.29, 0.717) is 17.1 Å². The molecule has 3 aromatic rings. The van der Waals surface area contributed by atoms with E-state index in [0.717, 1.165) is 5.01 Å². The van der Waals surface area contributed by atoms with Gasteiger partial charge in [-0.15, -0.1) is 10.2 Å². The number of para-hydroxylation sites is 2. The number of rotatable bonds is 6. The Morgan fingerprint density at radius 1 is 1.03 bits per heavy atom.